The van der Waals surface area contributed by atoms with E-state index in [4.69, 9.17) is 5.73 Å². The van der Waals surface area contributed by atoms with Crippen LogP contribution in [0.25, 0.3) is 0 Å². The molecule has 4 heteroatoms. The van der Waals surface area contributed by atoms with E-state index < -0.39 is 0 Å². The highest BCUT2D eigenvalue weighted by Gasteiger charge is 2.25. The van der Waals surface area contributed by atoms with Crippen molar-refractivity contribution in [1.82, 2.24) is 4.98 Å². The minimum Gasteiger partial charge on any atom is -0.369 e. The van der Waals surface area contributed by atoms with E-state index >= 15 is 0 Å². The molecule has 0 saturated heterocycles. The minimum atomic E-state index is -0.364. The van der Waals surface area contributed by atoms with Crippen molar-refractivity contribution in [2.24, 2.45) is 16.6 Å². The lowest BCUT2D eigenvalue weighted by Gasteiger charge is -2.20. The van der Waals surface area contributed by atoms with Crippen LogP contribution < -0.4 is 5.73 Å². The summed E-state index contributed by atoms with van der Waals surface area (Å²) in [6.45, 7) is 0. The van der Waals surface area contributed by atoms with E-state index in [9.17, 15) is 4.79 Å². The number of nitrogens with zero attached hydrogens (tertiary/aromatic N) is 2. The van der Waals surface area contributed by atoms with Crippen molar-refractivity contribution in [3.8, 4) is 0 Å². The summed E-state index contributed by atoms with van der Waals surface area (Å²) in [5.41, 5.74) is 6.34. The summed E-state index contributed by atoms with van der Waals surface area (Å²) in [5.74, 6) is -0.745. The van der Waals surface area contributed by atoms with Crippen molar-refractivity contribution in [2.45, 2.75) is 5.92 Å². The number of rotatable bonds is 2. The molecule has 2 N–H and O–H groups in total. The van der Waals surface area contributed by atoms with Gasteiger partial charge < -0.3 is 5.73 Å². The van der Waals surface area contributed by atoms with E-state index in [0.29, 0.717) is 0 Å². The van der Waals surface area contributed by atoms with E-state index in [1.807, 2.05) is 18.2 Å². The van der Waals surface area contributed by atoms with Gasteiger partial charge in [-0.1, -0.05) is 6.08 Å². The molecule has 15 heavy (non-hydrogen) atoms. The van der Waals surface area contributed by atoms with Crippen LogP contribution in [0.2, 0.25) is 0 Å². The molecule has 76 valence electrons. The highest BCUT2D eigenvalue weighted by molar-refractivity contribution is 5.94. The zero-order valence-corrected chi connectivity index (χ0v) is 8.08. The Bertz CT molecular complexity index is 411. The predicted molar refractivity (Wildman–Crippen MR) is 57.3 cm³/mol. The zero-order valence-electron chi connectivity index (χ0n) is 8.08. The van der Waals surface area contributed by atoms with Gasteiger partial charge in [0.25, 0.3) is 0 Å². The third-order valence-corrected chi connectivity index (χ3v) is 2.43. The average molecular weight is 201 g/mol. The first kappa shape index (κ1) is 9.58. The molecular weight excluding hydrogens is 190 g/mol. The van der Waals surface area contributed by atoms with Crippen LogP contribution in [0.15, 0.2) is 41.8 Å². The third-order valence-electron chi connectivity index (χ3n) is 2.43. The minimum absolute atomic E-state index is 0.0250. The molecule has 4 nitrogen and oxygen atoms in total. The number of hydrogen-bond acceptors (Lipinski definition) is 3. The number of pyridine rings is 1. The number of allylic oxidation sites excluding steroid dienone is 1. The highest BCUT2D eigenvalue weighted by atomic mass is 16.1. The number of aliphatic imine (C=N–C) groups is 1. The summed E-state index contributed by atoms with van der Waals surface area (Å²) in [6, 6.07) is 3.76. The summed E-state index contributed by atoms with van der Waals surface area (Å²) in [6.07, 6.45) is 8.56. The van der Waals surface area contributed by atoms with Gasteiger partial charge in [0.05, 0.1) is 5.92 Å². The zero-order chi connectivity index (χ0) is 10.7. The van der Waals surface area contributed by atoms with Crippen molar-refractivity contribution >= 4 is 12.1 Å². The van der Waals surface area contributed by atoms with Gasteiger partial charge in [-0.2, -0.15) is 0 Å². The van der Waals surface area contributed by atoms with Crippen molar-refractivity contribution in [2.75, 3.05) is 0 Å². The molecule has 2 heterocycles. The van der Waals surface area contributed by atoms with Gasteiger partial charge in [0.15, 0.2) is 0 Å². The molecular formula is C11H11N3O. The van der Waals surface area contributed by atoms with Gasteiger partial charge in [0, 0.05) is 30.7 Å². The van der Waals surface area contributed by atoms with Gasteiger partial charge >= 0.3 is 0 Å². The second kappa shape index (κ2) is 4.04. The first-order valence-electron chi connectivity index (χ1n) is 4.68. The van der Waals surface area contributed by atoms with Crippen molar-refractivity contribution in [1.29, 1.82) is 0 Å². The predicted octanol–water partition coefficient (Wildman–Crippen LogP) is 0.865. The standard InChI is InChI=1S/C11H11N3O/c12-11(15)10-7-14-6-3-9(10)8-1-4-13-5-2-8/h1-7,9-10H,(H2,12,15). The largest absolute Gasteiger partial charge is 0.369 e. The molecule has 0 bridgehead atoms. The van der Waals surface area contributed by atoms with Crippen LogP contribution in [-0.2, 0) is 4.79 Å². The van der Waals surface area contributed by atoms with Crippen molar-refractivity contribution in [3.63, 3.8) is 0 Å². The molecule has 1 aromatic rings. The van der Waals surface area contributed by atoms with Gasteiger partial charge in [-0.3, -0.25) is 14.8 Å². The topological polar surface area (TPSA) is 68.3 Å². The van der Waals surface area contributed by atoms with Crippen LogP contribution in [0.5, 0.6) is 0 Å². The monoisotopic (exact) mass is 201 g/mol. The summed E-state index contributed by atoms with van der Waals surface area (Å²) >= 11 is 0. The SMILES string of the molecule is NC(=O)C1C=NC=CC1c1ccncc1. The molecule has 1 aliphatic rings. The average Bonchev–Trinajstić information content (AvgIpc) is 2.30. The van der Waals surface area contributed by atoms with Crippen LogP contribution in [0.3, 0.4) is 0 Å². The molecule has 2 rings (SSSR count). The Morgan fingerprint density at radius 1 is 1.33 bits per heavy atom. The summed E-state index contributed by atoms with van der Waals surface area (Å²) in [4.78, 5) is 19.1. The van der Waals surface area contributed by atoms with E-state index in [2.05, 4.69) is 9.98 Å². The number of nitrogens with two attached hydrogens (primary N) is 1. The second-order valence-corrected chi connectivity index (χ2v) is 3.37. The highest BCUT2D eigenvalue weighted by Crippen LogP contribution is 2.26. The van der Waals surface area contributed by atoms with Gasteiger partial charge in [-0.25, -0.2) is 0 Å². The van der Waals surface area contributed by atoms with Crippen LogP contribution in [0, 0.1) is 5.92 Å². The molecule has 0 fully saturated rings. The van der Waals surface area contributed by atoms with Gasteiger partial charge in [-0.05, 0) is 17.7 Å². The maximum Gasteiger partial charge on any atom is 0.226 e. The number of carbonyl (C=O) groups excluding carboxylic acids is 1. The van der Waals surface area contributed by atoms with E-state index in [-0.39, 0.29) is 17.7 Å². The molecule has 0 spiro atoms. The number of hydrogen-bond donors (Lipinski definition) is 1. The smallest absolute Gasteiger partial charge is 0.226 e. The van der Waals surface area contributed by atoms with Crippen LogP contribution >= 0.6 is 0 Å². The Kier molecular flexibility index (Phi) is 2.58. The number of carbonyl (C=O) groups is 1. The third kappa shape index (κ3) is 1.93. The Balaban J connectivity index is 2.32. The number of aromatic nitrogens is 1. The lowest BCUT2D eigenvalue weighted by molar-refractivity contribution is -0.120. The van der Waals surface area contributed by atoms with E-state index in [1.165, 1.54) is 0 Å². The molecule has 0 aromatic carbocycles. The molecule has 2 unspecified atom stereocenters. The molecule has 0 saturated carbocycles. The maximum atomic E-state index is 11.2. The van der Waals surface area contributed by atoms with Gasteiger partial charge in [0.1, 0.15) is 0 Å². The number of primary amides is 1. The lowest BCUT2D eigenvalue weighted by atomic mass is 9.85. The molecule has 2 atom stereocenters. The molecule has 0 radical (unpaired) electrons. The molecule has 1 amide bonds. The lowest BCUT2D eigenvalue weighted by Crippen LogP contribution is -2.30. The second-order valence-electron chi connectivity index (χ2n) is 3.37. The fourth-order valence-corrected chi connectivity index (χ4v) is 1.65. The fourth-order valence-electron chi connectivity index (χ4n) is 1.65. The Morgan fingerprint density at radius 3 is 2.73 bits per heavy atom. The fraction of sp³-hybridized carbons (Fsp3) is 0.182. The first-order chi connectivity index (χ1) is 7.29. The van der Waals surface area contributed by atoms with Gasteiger partial charge in [-0.15, -0.1) is 0 Å². The molecule has 0 aliphatic carbocycles. The van der Waals surface area contributed by atoms with E-state index in [0.717, 1.165) is 5.56 Å². The maximum absolute atomic E-state index is 11.2. The van der Waals surface area contributed by atoms with Crippen LogP contribution in [-0.4, -0.2) is 17.1 Å². The summed E-state index contributed by atoms with van der Waals surface area (Å²) in [7, 11) is 0. The van der Waals surface area contributed by atoms with Crippen LogP contribution in [0.1, 0.15) is 11.5 Å². The molecule has 1 aliphatic heterocycles. The van der Waals surface area contributed by atoms with Crippen LogP contribution in [0.4, 0.5) is 0 Å². The summed E-state index contributed by atoms with van der Waals surface area (Å²) in [5, 5.41) is 0. The number of amides is 1. The van der Waals surface area contributed by atoms with Crippen molar-refractivity contribution in [3.05, 3.63) is 42.4 Å². The normalized spacial score (nSPS) is 24.0. The Morgan fingerprint density at radius 2 is 2.07 bits per heavy atom. The quantitative estimate of drug-likeness (QED) is 0.771. The summed E-state index contributed by atoms with van der Waals surface area (Å²) < 4.78 is 0. The molecule has 1 aromatic heterocycles. The van der Waals surface area contributed by atoms with Crippen molar-refractivity contribution < 1.29 is 4.79 Å². The first-order valence-corrected chi connectivity index (χ1v) is 4.68. The van der Waals surface area contributed by atoms with Gasteiger partial charge in [0.2, 0.25) is 5.91 Å². The Hall–Kier alpha value is -1.97. The Labute approximate surface area is 87.5 Å². The van der Waals surface area contributed by atoms with E-state index in [1.54, 1.807) is 24.8 Å².